The number of urea groups is 1. The minimum atomic E-state index is -4.39. The Morgan fingerprint density at radius 1 is 1.24 bits per heavy atom. The number of nitrogens with zero attached hydrogens (tertiary/aromatic N) is 2. The monoisotopic (exact) mass is 431 g/mol. The number of carbonyl (C=O) groups excluding carboxylic acids is 2. The summed E-state index contributed by atoms with van der Waals surface area (Å²) in [7, 11) is 0. The predicted octanol–water partition coefficient (Wildman–Crippen LogP) is 4.50. The number of hydrogen-bond donors (Lipinski definition) is 1. The Kier molecular flexibility index (Phi) is 7.14. The maximum Gasteiger partial charge on any atom is 0.416 e. The highest BCUT2D eigenvalue weighted by Crippen LogP contribution is 2.39. The van der Waals surface area contributed by atoms with Crippen LogP contribution in [-0.2, 0) is 11.0 Å². The van der Waals surface area contributed by atoms with Gasteiger partial charge in [0.05, 0.1) is 11.3 Å². The molecule has 1 fully saturated rings. The number of benzene rings is 1. The zero-order chi connectivity index (χ0) is 22.0. The molecule has 9 heteroatoms. The molecule has 1 atom stereocenters. The fourth-order valence-corrected chi connectivity index (χ4v) is 4.23. The lowest BCUT2D eigenvalue weighted by Gasteiger charge is -2.33. The first-order valence-corrected chi connectivity index (χ1v) is 10.5. The summed E-state index contributed by atoms with van der Waals surface area (Å²) in [4.78, 5) is 28.2. The summed E-state index contributed by atoms with van der Waals surface area (Å²) in [6.45, 7) is 10.1. The molecule has 0 saturated carbocycles. The van der Waals surface area contributed by atoms with E-state index >= 15 is 0 Å². The Labute approximate surface area is 174 Å². The van der Waals surface area contributed by atoms with E-state index in [1.54, 1.807) is 9.80 Å². The zero-order valence-corrected chi connectivity index (χ0v) is 18.2. The standard InChI is InChI=1S/C20H28F3N3O2S/c1-13(2)25(18(28)24-19(3,4)5)10-11-26-16(27)12-29-17(26)14-6-8-15(9-7-14)20(21,22)23/h6-9,13,17H,10-12H2,1-5H3,(H,24,28)/t17-/m1/s1. The van der Waals surface area contributed by atoms with Crippen LogP contribution in [0.2, 0.25) is 0 Å². The van der Waals surface area contributed by atoms with Crippen molar-refractivity contribution < 1.29 is 22.8 Å². The van der Waals surface area contributed by atoms with Crippen molar-refractivity contribution in [2.24, 2.45) is 0 Å². The fraction of sp³-hybridized carbons (Fsp3) is 0.600. The smallest absolute Gasteiger partial charge is 0.333 e. The van der Waals surface area contributed by atoms with E-state index in [2.05, 4.69) is 5.32 Å². The van der Waals surface area contributed by atoms with Gasteiger partial charge in [-0.3, -0.25) is 4.79 Å². The second-order valence-corrected chi connectivity index (χ2v) is 9.41. The van der Waals surface area contributed by atoms with Gasteiger partial charge in [0.1, 0.15) is 5.37 Å². The van der Waals surface area contributed by atoms with Gasteiger partial charge in [-0.25, -0.2) is 4.79 Å². The Balaban J connectivity index is 2.11. The molecule has 0 spiro atoms. The van der Waals surface area contributed by atoms with Gasteiger partial charge in [0.15, 0.2) is 0 Å². The quantitative estimate of drug-likeness (QED) is 0.747. The first-order valence-electron chi connectivity index (χ1n) is 9.46. The molecule has 0 aromatic heterocycles. The van der Waals surface area contributed by atoms with E-state index in [-0.39, 0.29) is 34.6 Å². The number of rotatable bonds is 5. The van der Waals surface area contributed by atoms with E-state index in [0.29, 0.717) is 18.7 Å². The Morgan fingerprint density at radius 2 is 1.83 bits per heavy atom. The van der Waals surface area contributed by atoms with Crippen LogP contribution < -0.4 is 5.32 Å². The van der Waals surface area contributed by atoms with Crippen LogP contribution in [-0.4, -0.2) is 52.2 Å². The van der Waals surface area contributed by atoms with Gasteiger partial charge in [-0.15, -0.1) is 11.8 Å². The van der Waals surface area contributed by atoms with Gasteiger partial charge in [-0.05, 0) is 52.3 Å². The summed E-state index contributed by atoms with van der Waals surface area (Å²) in [5.74, 6) is 0.182. The summed E-state index contributed by atoms with van der Waals surface area (Å²) >= 11 is 1.38. The summed E-state index contributed by atoms with van der Waals surface area (Å²) < 4.78 is 38.4. The highest BCUT2D eigenvalue weighted by Gasteiger charge is 2.35. The van der Waals surface area contributed by atoms with Crippen LogP contribution in [0.1, 0.15) is 51.1 Å². The van der Waals surface area contributed by atoms with Crippen molar-refractivity contribution in [1.82, 2.24) is 15.1 Å². The first kappa shape index (κ1) is 23.4. The average molecular weight is 432 g/mol. The van der Waals surface area contributed by atoms with Gasteiger partial charge in [0.25, 0.3) is 0 Å². The van der Waals surface area contributed by atoms with E-state index in [0.717, 1.165) is 12.1 Å². The third-order valence-electron chi connectivity index (χ3n) is 4.44. The average Bonchev–Trinajstić information content (AvgIpc) is 2.93. The van der Waals surface area contributed by atoms with Gasteiger partial charge in [0.2, 0.25) is 5.91 Å². The van der Waals surface area contributed by atoms with Crippen LogP contribution in [0.25, 0.3) is 0 Å². The molecule has 0 radical (unpaired) electrons. The molecule has 1 N–H and O–H groups in total. The lowest BCUT2D eigenvalue weighted by molar-refractivity contribution is -0.137. The molecule has 1 aliphatic rings. The molecule has 0 aliphatic carbocycles. The summed E-state index contributed by atoms with van der Waals surface area (Å²) in [5.41, 5.74) is -0.456. The molecule has 0 unspecified atom stereocenters. The van der Waals surface area contributed by atoms with Gasteiger partial charge >= 0.3 is 12.2 Å². The second-order valence-electron chi connectivity index (χ2n) is 8.34. The van der Waals surface area contributed by atoms with Crippen molar-refractivity contribution >= 4 is 23.7 Å². The number of carbonyl (C=O) groups is 2. The molecule has 1 aromatic rings. The first-order chi connectivity index (χ1) is 13.3. The van der Waals surface area contributed by atoms with E-state index in [9.17, 15) is 22.8 Å². The van der Waals surface area contributed by atoms with E-state index in [1.807, 2.05) is 34.6 Å². The predicted molar refractivity (Wildman–Crippen MR) is 108 cm³/mol. The molecule has 0 bridgehead atoms. The molecule has 1 aliphatic heterocycles. The number of halogens is 3. The SMILES string of the molecule is CC(C)N(CCN1C(=O)CS[C@@H]1c1ccc(C(F)(F)F)cc1)C(=O)NC(C)(C)C. The number of thioether (sulfide) groups is 1. The number of amides is 3. The second kappa shape index (κ2) is 8.85. The van der Waals surface area contributed by atoms with Crippen molar-refractivity contribution in [3.63, 3.8) is 0 Å². The summed E-state index contributed by atoms with van der Waals surface area (Å²) in [5, 5.41) is 2.57. The maximum absolute atomic E-state index is 12.8. The van der Waals surface area contributed by atoms with Crippen LogP contribution in [0.3, 0.4) is 0 Å². The molecule has 1 saturated heterocycles. The summed E-state index contributed by atoms with van der Waals surface area (Å²) in [6.07, 6.45) is -4.39. The molecule has 1 heterocycles. The highest BCUT2D eigenvalue weighted by molar-refractivity contribution is 8.00. The molecule has 162 valence electrons. The lowest BCUT2D eigenvalue weighted by Crippen LogP contribution is -2.52. The largest absolute Gasteiger partial charge is 0.416 e. The minimum Gasteiger partial charge on any atom is -0.333 e. The van der Waals surface area contributed by atoms with Crippen LogP contribution in [0.15, 0.2) is 24.3 Å². The molecule has 1 aromatic carbocycles. The number of nitrogens with one attached hydrogen (secondary N) is 1. The molecule has 2 rings (SSSR count). The van der Waals surface area contributed by atoms with E-state index in [1.165, 1.54) is 23.9 Å². The van der Waals surface area contributed by atoms with Crippen molar-refractivity contribution in [3.8, 4) is 0 Å². The van der Waals surface area contributed by atoms with Crippen LogP contribution >= 0.6 is 11.8 Å². The van der Waals surface area contributed by atoms with Crippen molar-refractivity contribution in [1.29, 1.82) is 0 Å². The zero-order valence-electron chi connectivity index (χ0n) is 17.3. The molecule has 5 nitrogen and oxygen atoms in total. The lowest BCUT2D eigenvalue weighted by atomic mass is 10.1. The minimum absolute atomic E-state index is 0.0628. The van der Waals surface area contributed by atoms with Gasteiger partial charge in [-0.1, -0.05) is 12.1 Å². The maximum atomic E-state index is 12.8. The topological polar surface area (TPSA) is 52.7 Å². The normalized spacial score (nSPS) is 17.8. The van der Waals surface area contributed by atoms with Gasteiger partial charge in [0, 0.05) is 24.7 Å². The van der Waals surface area contributed by atoms with E-state index < -0.39 is 11.7 Å². The van der Waals surface area contributed by atoms with Crippen LogP contribution in [0, 0.1) is 0 Å². The van der Waals surface area contributed by atoms with E-state index in [4.69, 9.17) is 0 Å². The highest BCUT2D eigenvalue weighted by atomic mass is 32.2. The third kappa shape index (κ3) is 6.29. The van der Waals surface area contributed by atoms with Crippen molar-refractivity contribution in [2.75, 3.05) is 18.8 Å². The fourth-order valence-electron chi connectivity index (χ4n) is 3.01. The van der Waals surface area contributed by atoms with Gasteiger partial charge in [-0.2, -0.15) is 13.2 Å². The molecular formula is C20H28F3N3O2S. The van der Waals surface area contributed by atoms with Crippen molar-refractivity contribution in [3.05, 3.63) is 35.4 Å². The van der Waals surface area contributed by atoms with Gasteiger partial charge < -0.3 is 15.1 Å². The van der Waals surface area contributed by atoms with Crippen molar-refractivity contribution in [2.45, 2.75) is 57.7 Å². The molecule has 3 amide bonds. The Morgan fingerprint density at radius 3 is 2.31 bits per heavy atom. The molecular weight excluding hydrogens is 403 g/mol. The number of alkyl halides is 3. The van der Waals surface area contributed by atoms with Crippen LogP contribution in [0.5, 0.6) is 0 Å². The van der Waals surface area contributed by atoms with Crippen LogP contribution in [0.4, 0.5) is 18.0 Å². The Hall–Kier alpha value is -1.90. The Bertz CT molecular complexity index is 730. The molecule has 29 heavy (non-hydrogen) atoms. The summed E-state index contributed by atoms with van der Waals surface area (Å²) in [6, 6.07) is 4.63. The number of hydrogen-bond acceptors (Lipinski definition) is 3. The third-order valence-corrected chi connectivity index (χ3v) is 5.70.